The molecule has 1 fully saturated rings. The molecular weight excluding hydrogens is 300 g/mol. The van der Waals surface area contributed by atoms with Crippen LogP contribution in [0.2, 0.25) is 0 Å². The molecule has 2 N–H and O–H groups in total. The molecule has 0 amide bonds. The first-order valence-electron chi connectivity index (χ1n) is 7.17. The van der Waals surface area contributed by atoms with Crippen LogP contribution in [0.3, 0.4) is 0 Å². The zero-order chi connectivity index (χ0) is 16.7. The maximum atomic E-state index is 12.7. The van der Waals surface area contributed by atoms with Crippen molar-refractivity contribution in [2.45, 2.75) is 18.0 Å². The van der Waals surface area contributed by atoms with Crippen LogP contribution in [0.5, 0.6) is 0 Å². The van der Waals surface area contributed by atoms with Crippen molar-refractivity contribution in [1.82, 2.24) is 0 Å². The van der Waals surface area contributed by atoms with Gasteiger partial charge < -0.3 is 24.4 Å². The number of aliphatic hydroxyl groups excluding tert-OH is 1. The van der Waals surface area contributed by atoms with Crippen molar-refractivity contribution in [3.63, 3.8) is 0 Å². The molecule has 0 aromatic heterocycles. The highest BCUT2D eigenvalue weighted by molar-refractivity contribution is 5.87. The molecule has 2 aliphatic rings. The van der Waals surface area contributed by atoms with Crippen LogP contribution < -0.4 is 0 Å². The minimum atomic E-state index is -1.94. The molecule has 1 aliphatic heterocycles. The number of methoxy groups -OCH3 is 2. The van der Waals surface area contributed by atoms with Gasteiger partial charge in [0, 0.05) is 31.9 Å². The molecule has 0 bridgehead atoms. The Morgan fingerprint density at radius 2 is 1.91 bits per heavy atom. The van der Waals surface area contributed by atoms with E-state index in [0.717, 1.165) is 6.08 Å². The van der Waals surface area contributed by atoms with E-state index in [4.69, 9.17) is 14.2 Å². The number of ether oxygens (including phenoxy) is 3. The minimum absolute atomic E-state index is 0.0875. The zero-order valence-corrected chi connectivity index (χ0v) is 12.9. The van der Waals surface area contributed by atoms with E-state index in [1.54, 1.807) is 12.1 Å². The van der Waals surface area contributed by atoms with Gasteiger partial charge in [0.2, 0.25) is 11.6 Å². The normalized spacial score (nSPS) is 33.3. The number of carbonyl (C=O) groups is 1. The van der Waals surface area contributed by atoms with Gasteiger partial charge in [0.25, 0.3) is 0 Å². The number of fused-ring (bicyclic) bond motifs is 1. The second-order valence-electron chi connectivity index (χ2n) is 5.57. The van der Waals surface area contributed by atoms with Gasteiger partial charge in [-0.25, -0.2) is 0 Å². The van der Waals surface area contributed by atoms with Gasteiger partial charge in [-0.3, -0.25) is 4.79 Å². The van der Waals surface area contributed by atoms with Gasteiger partial charge in [0.05, 0.1) is 6.42 Å². The summed E-state index contributed by atoms with van der Waals surface area (Å²) < 4.78 is 16.5. The Labute approximate surface area is 133 Å². The summed E-state index contributed by atoms with van der Waals surface area (Å²) >= 11 is 0. The van der Waals surface area contributed by atoms with Gasteiger partial charge >= 0.3 is 0 Å². The standard InChI is InChI=1S/C17H18O6/c1-21-16(20)9-12(18)8-14-15(16)13(19)10-17(22-2,23-14)11-6-4-3-5-7-11/h3-9,15,18,20H,10H2,1-2H3. The van der Waals surface area contributed by atoms with E-state index in [1.165, 1.54) is 20.3 Å². The molecule has 1 aromatic rings. The van der Waals surface area contributed by atoms with E-state index >= 15 is 0 Å². The van der Waals surface area contributed by atoms with Gasteiger partial charge in [-0.1, -0.05) is 30.3 Å². The predicted molar refractivity (Wildman–Crippen MR) is 80.1 cm³/mol. The fraction of sp³-hybridized carbons (Fsp3) is 0.353. The molecular formula is C17H18O6. The average Bonchev–Trinajstić information content (AvgIpc) is 2.54. The smallest absolute Gasteiger partial charge is 0.243 e. The highest BCUT2D eigenvalue weighted by Crippen LogP contribution is 2.46. The van der Waals surface area contributed by atoms with Crippen molar-refractivity contribution in [2.75, 3.05) is 14.2 Å². The largest absolute Gasteiger partial charge is 0.508 e. The van der Waals surface area contributed by atoms with Crippen LogP contribution in [0.15, 0.2) is 54.0 Å². The molecule has 1 heterocycles. The van der Waals surface area contributed by atoms with Crippen molar-refractivity contribution in [2.24, 2.45) is 5.92 Å². The van der Waals surface area contributed by atoms with Crippen molar-refractivity contribution < 1.29 is 29.2 Å². The molecule has 0 spiro atoms. The number of hydrogen-bond donors (Lipinski definition) is 2. The zero-order valence-electron chi connectivity index (χ0n) is 12.9. The number of hydrogen-bond acceptors (Lipinski definition) is 6. The first kappa shape index (κ1) is 15.7. The summed E-state index contributed by atoms with van der Waals surface area (Å²) in [5, 5.41) is 20.3. The quantitative estimate of drug-likeness (QED) is 0.826. The van der Waals surface area contributed by atoms with E-state index in [-0.39, 0.29) is 23.7 Å². The summed E-state index contributed by atoms with van der Waals surface area (Å²) in [6.07, 6.45) is 2.30. The van der Waals surface area contributed by atoms with Crippen LogP contribution in [-0.4, -0.2) is 36.0 Å². The molecule has 3 unspecified atom stereocenters. The predicted octanol–water partition coefficient (Wildman–Crippen LogP) is 1.77. The van der Waals surface area contributed by atoms with Gasteiger partial charge in [-0.2, -0.15) is 0 Å². The van der Waals surface area contributed by atoms with Crippen LogP contribution in [-0.2, 0) is 24.8 Å². The Hall–Kier alpha value is -2.15. The highest BCUT2D eigenvalue weighted by Gasteiger charge is 2.55. The Balaban J connectivity index is 2.06. The van der Waals surface area contributed by atoms with E-state index in [2.05, 4.69) is 0 Å². The van der Waals surface area contributed by atoms with Crippen LogP contribution in [0.1, 0.15) is 12.0 Å². The Morgan fingerprint density at radius 3 is 2.52 bits per heavy atom. The Bertz CT molecular complexity index is 680. The molecule has 1 aromatic carbocycles. The number of benzene rings is 1. The molecule has 3 rings (SSSR count). The molecule has 23 heavy (non-hydrogen) atoms. The van der Waals surface area contributed by atoms with Gasteiger partial charge in [0.15, 0.2) is 5.78 Å². The lowest BCUT2D eigenvalue weighted by Crippen LogP contribution is -2.53. The lowest BCUT2D eigenvalue weighted by Gasteiger charge is -2.44. The summed E-state index contributed by atoms with van der Waals surface area (Å²) in [5.74, 6) is -4.73. The number of carbonyl (C=O) groups excluding carboxylic acids is 1. The molecule has 122 valence electrons. The third kappa shape index (κ3) is 2.45. The minimum Gasteiger partial charge on any atom is -0.508 e. The summed E-state index contributed by atoms with van der Waals surface area (Å²) in [5.41, 5.74) is 0.671. The fourth-order valence-corrected chi connectivity index (χ4v) is 3.07. The van der Waals surface area contributed by atoms with Gasteiger partial charge in [-0.05, 0) is 0 Å². The monoisotopic (exact) mass is 318 g/mol. The van der Waals surface area contributed by atoms with Crippen molar-refractivity contribution in [3.05, 3.63) is 59.6 Å². The van der Waals surface area contributed by atoms with Crippen molar-refractivity contribution in [1.29, 1.82) is 0 Å². The second kappa shape index (κ2) is 5.49. The number of allylic oxidation sites excluding steroid dienone is 1. The second-order valence-corrected chi connectivity index (χ2v) is 5.57. The summed E-state index contributed by atoms with van der Waals surface area (Å²) in [4.78, 5) is 12.7. The highest BCUT2D eigenvalue weighted by atomic mass is 16.7. The third-order valence-corrected chi connectivity index (χ3v) is 4.22. The van der Waals surface area contributed by atoms with Crippen LogP contribution in [0.4, 0.5) is 0 Å². The molecule has 3 atom stereocenters. The van der Waals surface area contributed by atoms with E-state index in [1.807, 2.05) is 18.2 Å². The average molecular weight is 318 g/mol. The molecule has 6 nitrogen and oxygen atoms in total. The van der Waals surface area contributed by atoms with Crippen LogP contribution in [0, 0.1) is 5.92 Å². The molecule has 0 saturated carbocycles. The van der Waals surface area contributed by atoms with E-state index < -0.39 is 17.5 Å². The van der Waals surface area contributed by atoms with Crippen molar-refractivity contribution >= 4 is 5.78 Å². The Morgan fingerprint density at radius 1 is 1.22 bits per heavy atom. The number of rotatable bonds is 3. The molecule has 1 aliphatic carbocycles. The summed E-state index contributed by atoms with van der Waals surface area (Å²) in [6.45, 7) is 0. The summed E-state index contributed by atoms with van der Waals surface area (Å²) in [7, 11) is 2.71. The first-order chi connectivity index (χ1) is 10.9. The number of ketones is 1. The lowest BCUT2D eigenvalue weighted by atomic mass is 9.80. The first-order valence-corrected chi connectivity index (χ1v) is 7.17. The fourth-order valence-electron chi connectivity index (χ4n) is 3.07. The van der Waals surface area contributed by atoms with Crippen LogP contribution in [0.25, 0.3) is 0 Å². The summed E-state index contributed by atoms with van der Waals surface area (Å²) in [6, 6.07) is 9.05. The molecule has 1 saturated heterocycles. The molecule has 6 heteroatoms. The van der Waals surface area contributed by atoms with E-state index in [9.17, 15) is 15.0 Å². The van der Waals surface area contributed by atoms with Crippen LogP contribution >= 0.6 is 0 Å². The third-order valence-electron chi connectivity index (χ3n) is 4.22. The SMILES string of the molecule is COC1(c2ccccc2)CC(=O)C2C(=CC(O)=CC2(O)OC)O1. The van der Waals surface area contributed by atoms with Gasteiger partial charge in [0.1, 0.15) is 17.4 Å². The maximum absolute atomic E-state index is 12.7. The molecule has 0 radical (unpaired) electrons. The van der Waals surface area contributed by atoms with Crippen molar-refractivity contribution in [3.8, 4) is 0 Å². The Kier molecular flexibility index (Phi) is 3.75. The maximum Gasteiger partial charge on any atom is 0.243 e. The number of Topliss-reactive ketones (excluding diaryl/α,β-unsaturated/α-hetero) is 1. The lowest BCUT2D eigenvalue weighted by molar-refractivity contribution is -0.255. The number of aliphatic hydroxyl groups is 2. The van der Waals surface area contributed by atoms with E-state index in [0.29, 0.717) is 5.56 Å². The topological polar surface area (TPSA) is 85.2 Å². The van der Waals surface area contributed by atoms with Gasteiger partial charge in [-0.15, -0.1) is 0 Å².